The third-order valence-electron chi connectivity index (χ3n) is 1.60. The van der Waals surface area contributed by atoms with E-state index in [0.29, 0.717) is 10.2 Å². The number of hydrogen-bond donors (Lipinski definition) is 2. The number of carbonyl (C=O) groups excluding carboxylic acids is 1. The van der Waals surface area contributed by atoms with Crippen LogP contribution in [0.15, 0.2) is 22.7 Å². The summed E-state index contributed by atoms with van der Waals surface area (Å²) in [5, 5.41) is 2.50. The molecule has 0 spiro atoms. The number of amides is 1. The van der Waals surface area contributed by atoms with Crippen LogP contribution in [0.4, 0.5) is 10.1 Å². The molecule has 0 aliphatic rings. The van der Waals surface area contributed by atoms with Gasteiger partial charge in [0.25, 0.3) is 0 Å². The molecule has 76 valence electrons. The van der Waals surface area contributed by atoms with Crippen LogP contribution < -0.4 is 11.1 Å². The van der Waals surface area contributed by atoms with Gasteiger partial charge in [-0.3, -0.25) is 4.79 Å². The third-order valence-corrected chi connectivity index (χ3v) is 2.29. The zero-order chi connectivity index (χ0) is 10.7. The van der Waals surface area contributed by atoms with Crippen LogP contribution in [0.5, 0.6) is 0 Å². The number of rotatable bonds is 2. The molecule has 0 bridgehead atoms. The first-order valence-electron chi connectivity index (χ1n) is 4.02. The Kier molecular flexibility index (Phi) is 3.60. The molecule has 0 aromatic heterocycles. The zero-order valence-corrected chi connectivity index (χ0v) is 9.14. The van der Waals surface area contributed by atoms with Gasteiger partial charge in [-0.05, 0) is 41.1 Å². The van der Waals surface area contributed by atoms with Gasteiger partial charge in [-0.15, -0.1) is 0 Å². The highest BCUT2D eigenvalue weighted by Gasteiger charge is 2.09. The average molecular weight is 261 g/mol. The molecule has 5 heteroatoms. The largest absolute Gasteiger partial charge is 0.324 e. The van der Waals surface area contributed by atoms with Crippen LogP contribution in [0.1, 0.15) is 6.92 Å². The summed E-state index contributed by atoms with van der Waals surface area (Å²) in [4.78, 5) is 11.2. The summed E-state index contributed by atoms with van der Waals surface area (Å²) in [6.07, 6.45) is 0. The molecule has 0 unspecified atom stereocenters. The predicted molar refractivity (Wildman–Crippen MR) is 56.4 cm³/mol. The maximum atomic E-state index is 12.8. The average Bonchev–Trinajstić information content (AvgIpc) is 2.11. The van der Waals surface area contributed by atoms with Crippen molar-refractivity contribution in [2.24, 2.45) is 5.73 Å². The van der Waals surface area contributed by atoms with E-state index >= 15 is 0 Å². The van der Waals surface area contributed by atoms with Crippen LogP contribution in [0.25, 0.3) is 0 Å². The van der Waals surface area contributed by atoms with E-state index in [0.717, 1.165) is 0 Å². The van der Waals surface area contributed by atoms with E-state index in [4.69, 9.17) is 5.73 Å². The normalized spacial score (nSPS) is 12.3. The summed E-state index contributed by atoms with van der Waals surface area (Å²) in [6.45, 7) is 1.56. The van der Waals surface area contributed by atoms with E-state index in [-0.39, 0.29) is 5.91 Å². The molecule has 0 radical (unpaired) electrons. The van der Waals surface area contributed by atoms with Crippen LogP contribution in [-0.4, -0.2) is 11.9 Å². The lowest BCUT2D eigenvalue weighted by Gasteiger charge is -2.09. The smallest absolute Gasteiger partial charge is 0.241 e. The summed E-state index contributed by atoms with van der Waals surface area (Å²) in [5.74, 6) is -0.760. The van der Waals surface area contributed by atoms with E-state index < -0.39 is 11.9 Å². The van der Waals surface area contributed by atoms with Gasteiger partial charge in [-0.2, -0.15) is 0 Å². The highest BCUT2D eigenvalue weighted by atomic mass is 79.9. The zero-order valence-electron chi connectivity index (χ0n) is 7.55. The number of hydrogen-bond acceptors (Lipinski definition) is 2. The Morgan fingerprint density at radius 3 is 2.86 bits per heavy atom. The monoisotopic (exact) mass is 260 g/mol. The molecule has 0 saturated carbocycles. The van der Waals surface area contributed by atoms with Gasteiger partial charge < -0.3 is 11.1 Å². The van der Waals surface area contributed by atoms with Crippen molar-refractivity contribution in [3.63, 3.8) is 0 Å². The molecule has 0 fully saturated rings. The van der Waals surface area contributed by atoms with Crippen molar-refractivity contribution in [3.8, 4) is 0 Å². The van der Waals surface area contributed by atoms with Gasteiger partial charge in [-0.1, -0.05) is 0 Å². The molecule has 0 aliphatic heterocycles. The van der Waals surface area contributed by atoms with Crippen LogP contribution in [0.3, 0.4) is 0 Å². The molecule has 14 heavy (non-hydrogen) atoms. The third kappa shape index (κ3) is 2.78. The number of carbonyl (C=O) groups is 1. The summed E-state index contributed by atoms with van der Waals surface area (Å²) in [7, 11) is 0. The van der Waals surface area contributed by atoms with E-state index in [9.17, 15) is 9.18 Å². The lowest BCUT2D eigenvalue weighted by atomic mass is 10.3. The SMILES string of the molecule is C[C@@H](N)C(=O)Nc1cc(F)ccc1Br. The minimum Gasteiger partial charge on any atom is -0.324 e. The molecule has 1 atom stereocenters. The van der Waals surface area contributed by atoms with Crippen LogP contribution in [0.2, 0.25) is 0 Å². The molecule has 0 saturated heterocycles. The fourth-order valence-electron chi connectivity index (χ4n) is 0.840. The van der Waals surface area contributed by atoms with Crippen molar-refractivity contribution in [2.45, 2.75) is 13.0 Å². The molecular weight excluding hydrogens is 251 g/mol. The second kappa shape index (κ2) is 4.52. The van der Waals surface area contributed by atoms with Crippen molar-refractivity contribution in [3.05, 3.63) is 28.5 Å². The maximum absolute atomic E-state index is 12.8. The Labute approximate surface area is 89.6 Å². The fourth-order valence-corrected chi connectivity index (χ4v) is 1.19. The fraction of sp³-hybridized carbons (Fsp3) is 0.222. The van der Waals surface area contributed by atoms with Crippen LogP contribution in [0, 0.1) is 5.82 Å². The highest BCUT2D eigenvalue weighted by molar-refractivity contribution is 9.10. The topological polar surface area (TPSA) is 55.1 Å². The molecule has 0 aliphatic carbocycles. The second-order valence-corrected chi connectivity index (χ2v) is 3.76. The van der Waals surface area contributed by atoms with Crippen molar-refractivity contribution < 1.29 is 9.18 Å². The maximum Gasteiger partial charge on any atom is 0.241 e. The number of halogens is 2. The number of benzene rings is 1. The molecule has 1 amide bonds. The summed E-state index contributed by atoms with van der Waals surface area (Å²) >= 11 is 3.19. The summed E-state index contributed by atoms with van der Waals surface area (Å²) in [6, 6.07) is 3.42. The second-order valence-electron chi connectivity index (χ2n) is 2.90. The van der Waals surface area contributed by atoms with Gasteiger partial charge in [0.2, 0.25) is 5.91 Å². The van der Waals surface area contributed by atoms with E-state index in [2.05, 4.69) is 21.2 Å². The van der Waals surface area contributed by atoms with Crippen molar-refractivity contribution >= 4 is 27.5 Å². The molecule has 1 rings (SSSR count). The van der Waals surface area contributed by atoms with E-state index in [1.165, 1.54) is 18.2 Å². The van der Waals surface area contributed by atoms with E-state index in [1.54, 1.807) is 6.92 Å². The quantitative estimate of drug-likeness (QED) is 0.853. The Morgan fingerprint density at radius 1 is 1.64 bits per heavy atom. The van der Waals surface area contributed by atoms with Gasteiger partial charge in [-0.25, -0.2) is 4.39 Å². The Balaban J connectivity index is 2.86. The van der Waals surface area contributed by atoms with Gasteiger partial charge in [0.1, 0.15) is 5.82 Å². The van der Waals surface area contributed by atoms with Gasteiger partial charge in [0, 0.05) is 4.47 Å². The van der Waals surface area contributed by atoms with Crippen molar-refractivity contribution in [1.29, 1.82) is 0 Å². The van der Waals surface area contributed by atoms with Crippen LogP contribution >= 0.6 is 15.9 Å². The Morgan fingerprint density at radius 2 is 2.29 bits per heavy atom. The summed E-state index contributed by atoms with van der Waals surface area (Å²) in [5.41, 5.74) is 5.73. The highest BCUT2D eigenvalue weighted by Crippen LogP contribution is 2.22. The minimum atomic E-state index is -0.620. The molecule has 3 nitrogen and oxygen atoms in total. The van der Waals surface area contributed by atoms with Gasteiger partial charge in [0.15, 0.2) is 0 Å². The number of nitrogens with two attached hydrogens (primary N) is 1. The first-order chi connectivity index (χ1) is 6.50. The lowest BCUT2D eigenvalue weighted by molar-refractivity contribution is -0.117. The number of nitrogens with one attached hydrogen (secondary N) is 1. The van der Waals surface area contributed by atoms with Gasteiger partial charge >= 0.3 is 0 Å². The standard InChI is InChI=1S/C9H10BrFN2O/c1-5(12)9(14)13-8-4-6(11)2-3-7(8)10/h2-5H,12H2,1H3,(H,13,14)/t5-/m1/s1. The minimum absolute atomic E-state index is 0.351. The summed E-state index contributed by atoms with van der Waals surface area (Å²) < 4.78 is 13.4. The molecule has 0 heterocycles. The predicted octanol–water partition coefficient (Wildman–Crippen LogP) is 1.87. The molecule has 1 aromatic carbocycles. The first kappa shape index (κ1) is 11.1. The van der Waals surface area contributed by atoms with Crippen LogP contribution in [-0.2, 0) is 4.79 Å². The Bertz CT molecular complexity index is 355. The Hall–Kier alpha value is -0.940. The molecule has 1 aromatic rings. The van der Waals surface area contributed by atoms with Crippen molar-refractivity contribution in [2.75, 3.05) is 5.32 Å². The lowest BCUT2D eigenvalue weighted by Crippen LogP contribution is -2.32. The van der Waals surface area contributed by atoms with Crippen molar-refractivity contribution in [1.82, 2.24) is 0 Å². The first-order valence-corrected chi connectivity index (χ1v) is 4.81. The number of anilines is 1. The molecular formula is C9H10BrFN2O. The van der Waals surface area contributed by atoms with E-state index in [1.807, 2.05) is 0 Å². The molecule has 3 N–H and O–H groups in total. The van der Waals surface area contributed by atoms with Gasteiger partial charge in [0.05, 0.1) is 11.7 Å².